The Bertz CT molecular complexity index is 1580. The molecular weight excluding hydrogens is 532 g/mol. The molecule has 218 valence electrons. The molecule has 11 heteroatoms. The molecule has 0 spiro atoms. The largest absolute Gasteiger partial charge is 0.495 e. The van der Waals surface area contributed by atoms with Crippen molar-refractivity contribution in [3.63, 3.8) is 0 Å². The maximum Gasteiger partial charge on any atom is 0.495 e. The minimum atomic E-state index is -0.218. The van der Waals surface area contributed by atoms with E-state index in [0.717, 1.165) is 91.2 Å². The fourth-order valence-electron chi connectivity index (χ4n) is 6.54. The third-order valence-electron chi connectivity index (χ3n) is 8.71. The van der Waals surface area contributed by atoms with E-state index in [2.05, 4.69) is 32.4 Å². The Morgan fingerprint density at radius 1 is 1.12 bits per heavy atom. The number of hydrogen-bond acceptors (Lipinski definition) is 6. The maximum atomic E-state index is 12.6. The summed E-state index contributed by atoms with van der Waals surface area (Å²) in [4.78, 5) is 28.9. The molecule has 0 bridgehead atoms. The molecule has 0 aliphatic carbocycles. The number of aryl methyl sites for hydroxylation is 2. The lowest BCUT2D eigenvalue weighted by Gasteiger charge is -2.33. The van der Waals surface area contributed by atoms with E-state index in [-0.39, 0.29) is 18.1 Å². The van der Waals surface area contributed by atoms with Crippen LogP contribution in [0.2, 0.25) is 0 Å². The number of anilines is 2. The predicted molar refractivity (Wildman–Crippen MR) is 157 cm³/mol. The maximum absolute atomic E-state index is 12.6. The van der Waals surface area contributed by atoms with E-state index < -0.39 is 0 Å². The minimum Gasteiger partial charge on any atom is -0.381 e. The topological polar surface area (TPSA) is 119 Å². The fourth-order valence-corrected chi connectivity index (χ4v) is 6.54. The SMILES string of the molecule is CNC(=O)N1CCc2c(c(N3CCCc4cc(-c5cc[n+](C(=O)NC)cc5C)c(C#N)cc43)nn2C2CCOCC2)C1. The number of fused-ring (bicyclic) bond motifs is 2. The zero-order chi connectivity index (χ0) is 29.4. The molecule has 5 heterocycles. The van der Waals surface area contributed by atoms with Crippen molar-refractivity contribution in [3.05, 3.63) is 58.5 Å². The first kappa shape index (κ1) is 27.7. The van der Waals surface area contributed by atoms with Crippen molar-refractivity contribution in [2.45, 2.75) is 51.6 Å². The third-order valence-corrected chi connectivity index (χ3v) is 8.71. The van der Waals surface area contributed by atoms with E-state index in [1.165, 1.54) is 10.3 Å². The van der Waals surface area contributed by atoms with Gasteiger partial charge in [-0.2, -0.15) is 19.7 Å². The molecule has 0 saturated carbocycles. The number of pyridine rings is 1. The first-order valence-corrected chi connectivity index (χ1v) is 14.7. The Kier molecular flexibility index (Phi) is 7.56. The molecule has 6 rings (SSSR count). The molecular formula is C31H37N8O3+. The van der Waals surface area contributed by atoms with Crippen molar-refractivity contribution in [2.75, 3.05) is 45.3 Å². The number of rotatable bonds is 3. The number of aromatic nitrogens is 3. The van der Waals surface area contributed by atoms with Crippen LogP contribution in [0.4, 0.5) is 21.1 Å². The number of hydrogen-bond donors (Lipinski definition) is 2. The van der Waals surface area contributed by atoms with E-state index in [4.69, 9.17) is 9.84 Å². The van der Waals surface area contributed by atoms with E-state index in [9.17, 15) is 14.9 Å². The Balaban J connectivity index is 1.43. The van der Waals surface area contributed by atoms with Crippen LogP contribution in [0, 0.1) is 18.3 Å². The van der Waals surface area contributed by atoms with Crippen LogP contribution in [0.1, 0.15) is 53.3 Å². The van der Waals surface area contributed by atoms with Crippen molar-refractivity contribution in [1.29, 1.82) is 5.26 Å². The number of carbonyl (C=O) groups is 2. The standard InChI is InChI=1S/C31H36N8O3/c1-20-18-36(30(40)33-2)11-6-24(20)25-15-21-5-4-10-38(28(21)16-22(25)17-32)29-26-19-37(31(41)34-3)12-7-27(26)39(35-29)23-8-13-42-14-9-23/h6,11,15-16,18,23H,4-5,7-10,12-14,19H2,1-3H3,(H-,33,34,40,41)/p+1. The van der Waals surface area contributed by atoms with Gasteiger partial charge in [-0.05, 0) is 67.5 Å². The summed E-state index contributed by atoms with van der Waals surface area (Å²) in [5.41, 5.74) is 7.71. The summed E-state index contributed by atoms with van der Waals surface area (Å²) in [5.74, 6) is 0.880. The second-order valence-electron chi connectivity index (χ2n) is 11.2. The highest BCUT2D eigenvalue weighted by atomic mass is 16.5. The van der Waals surface area contributed by atoms with Gasteiger partial charge in [0.1, 0.15) is 12.4 Å². The minimum absolute atomic E-state index is 0.0863. The number of carbonyl (C=O) groups excluding carboxylic acids is 2. The molecule has 1 aromatic carbocycles. The first-order valence-electron chi connectivity index (χ1n) is 14.7. The summed E-state index contributed by atoms with van der Waals surface area (Å²) in [6.45, 7) is 5.33. The Hall–Kier alpha value is -4.43. The van der Waals surface area contributed by atoms with Crippen LogP contribution in [0.5, 0.6) is 0 Å². The zero-order valence-corrected chi connectivity index (χ0v) is 24.4. The molecule has 2 N–H and O–H groups in total. The first-order chi connectivity index (χ1) is 20.4. The van der Waals surface area contributed by atoms with E-state index in [1.807, 2.05) is 24.0 Å². The zero-order valence-electron chi connectivity index (χ0n) is 24.4. The molecule has 2 aromatic heterocycles. The van der Waals surface area contributed by atoms with Crippen LogP contribution < -0.4 is 20.1 Å². The molecule has 0 radical (unpaired) electrons. The summed E-state index contributed by atoms with van der Waals surface area (Å²) in [7, 11) is 3.26. The summed E-state index contributed by atoms with van der Waals surface area (Å²) in [5, 5.41) is 20.9. The van der Waals surface area contributed by atoms with Gasteiger partial charge in [0, 0.05) is 62.3 Å². The number of ether oxygens (including phenoxy) is 1. The molecule has 3 aliphatic rings. The summed E-state index contributed by atoms with van der Waals surface area (Å²) < 4.78 is 9.35. The van der Waals surface area contributed by atoms with Crippen LogP contribution in [0.25, 0.3) is 11.1 Å². The average Bonchev–Trinajstić information content (AvgIpc) is 3.42. The molecule has 42 heavy (non-hydrogen) atoms. The van der Waals surface area contributed by atoms with Gasteiger partial charge in [-0.25, -0.2) is 10.1 Å². The fraction of sp³-hybridized carbons (Fsp3) is 0.452. The Labute approximate surface area is 245 Å². The molecule has 1 fully saturated rings. The van der Waals surface area contributed by atoms with Crippen molar-refractivity contribution < 1.29 is 18.9 Å². The van der Waals surface area contributed by atoms with Crippen LogP contribution in [0.15, 0.2) is 30.6 Å². The van der Waals surface area contributed by atoms with Crippen LogP contribution in [-0.4, -0.2) is 67.1 Å². The van der Waals surface area contributed by atoms with Gasteiger partial charge in [0.2, 0.25) is 0 Å². The Morgan fingerprint density at radius 2 is 1.93 bits per heavy atom. The molecule has 3 amide bonds. The lowest BCUT2D eigenvalue weighted by Crippen LogP contribution is -2.48. The smallest absolute Gasteiger partial charge is 0.381 e. The van der Waals surface area contributed by atoms with Gasteiger partial charge < -0.3 is 19.9 Å². The summed E-state index contributed by atoms with van der Waals surface area (Å²) in [6.07, 6.45) is 7.93. The lowest BCUT2D eigenvalue weighted by atomic mass is 9.91. The molecule has 0 atom stereocenters. The van der Waals surface area contributed by atoms with Gasteiger partial charge in [-0.15, -0.1) is 0 Å². The van der Waals surface area contributed by atoms with Gasteiger partial charge >= 0.3 is 12.1 Å². The lowest BCUT2D eigenvalue weighted by molar-refractivity contribution is -0.572. The van der Waals surface area contributed by atoms with Gasteiger partial charge in [-0.1, -0.05) is 0 Å². The quantitative estimate of drug-likeness (QED) is 0.467. The molecule has 0 unspecified atom stereocenters. The highest BCUT2D eigenvalue weighted by Crippen LogP contribution is 2.42. The second kappa shape index (κ2) is 11.4. The van der Waals surface area contributed by atoms with Gasteiger partial charge in [0.05, 0.1) is 31.3 Å². The van der Waals surface area contributed by atoms with E-state index in [1.54, 1.807) is 26.5 Å². The molecule has 1 saturated heterocycles. The number of amides is 3. The second-order valence-corrected chi connectivity index (χ2v) is 11.2. The number of benzene rings is 1. The van der Waals surface area contributed by atoms with Crippen LogP contribution >= 0.6 is 0 Å². The molecule has 11 nitrogen and oxygen atoms in total. The predicted octanol–water partition coefficient (Wildman–Crippen LogP) is 3.34. The monoisotopic (exact) mass is 569 g/mol. The highest BCUT2D eigenvalue weighted by Gasteiger charge is 2.34. The third kappa shape index (κ3) is 4.86. The normalized spacial score (nSPS) is 16.8. The van der Waals surface area contributed by atoms with E-state index >= 15 is 0 Å². The molecule has 3 aromatic rings. The summed E-state index contributed by atoms with van der Waals surface area (Å²) in [6, 6.07) is 8.41. The summed E-state index contributed by atoms with van der Waals surface area (Å²) >= 11 is 0. The number of urea groups is 1. The number of nitrogens with zero attached hydrogens (tertiary/aromatic N) is 6. The van der Waals surface area contributed by atoms with Crippen molar-refractivity contribution in [3.8, 4) is 17.2 Å². The van der Waals surface area contributed by atoms with Crippen molar-refractivity contribution in [1.82, 2.24) is 25.3 Å². The van der Waals surface area contributed by atoms with Crippen LogP contribution in [0.3, 0.4) is 0 Å². The Morgan fingerprint density at radius 3 is 2.64 bits per heavy atom. The van der Waals surface area contributed by atoms with Crippen molar-refractivity contribution in [2.24, 2.45) is 0 Å². The van der Waals surface area contributed by atoms with Gasteiger partial charge in [-0.3, -0.25) is 4.68 Å². The van der Waals surface area contributed by atoms with Gasteiger partial charge in [0.15, 0.2) is 5.82 Å². The average molecular weight is 570 g/mol. The van der Waals surface area contributed by atoms with Gasteiger partial charge in [0.25, 0.3) is 0 Å². The highest BCUT2D eigenvalue weighted by molar-refractivity contribution is 5.80. The molecule has 3 aliphatic heterocycles. The van der Waals surface area contributed by atoms with E-state index in [0.29, 0.717) is 18.7 Å². The van der Waals surface area contributed by atoms with Crippen molar-refractivity contribution >= 4 is 23.6 Å². The van der Waals surface area contributed by atoms with Crippen LogP contribution in [-0.2, 0) is 24.1 Å². The number of nitriles is 1. The number of nitrogens with one attached hydrogen (secondary N) is 2.